The maximum Gasteiger partial charge on any atom is 0.325 e. The monoisotopic (exact) mass is 333 g/mol. The van der Waals surface area contributed by atoms with Gasteiger partial charge < -0.3 is 14.7 Å². The second-order valence-electron chi connectivity index (χ2n) is 7.56. The number of urea groups is 1. The summed E-state index contributed by atoms with van der Waals surface area (Å²) in [7, 11) is 0. The van der Waals surface area contributed by atoms with Crippen LogP contribution in [-0.4, -0.2) is 63.6 Å². The van der Waals surface area contributed by atoms with Crippen molar-refractivity contribution in [2.45, 2.75) is 50.5 Å². The molecule has 8 heteroatoms. The predicted molar refractivity (Wildman–Crippen MR) is 84.4 cm³/mol. The lowest BCUT2D eigenvalue weighted by Crippen LogP contribution is -2.41. The number of nitrogens with one attached hydrogen (secondary N) is 1. The highest BCUT2D eigenvalue weighted by Gasteiger charge is 2.44. The van der Waals surface area contributed by atoms with E-state index in [0.717, 1.165) is 44.1 Å². The molecule has 1 aromatic rings. The van der Waals surface area contributed by atoms with E-state index in [4.69, 9.17) is 4.52 Å². The van der Waals surface area contributed by atoms with Gasteiger partial charge in [0.1, 0.15) is 5.54 Å². The van der Waals surface area contributed by atoms with Crippen LogP contribution in [0.3, 0.4) is 0 Å². The summed E-state index contributed by atoms with van der Waals surface area (Å²) in [6.45, 7) is 6.30. The van der Waals surface area contributed by atoms with Crippen LogP contribution in [0, 0.1) is 0 Å². The molecule has 0 spiro atoms. The van der Waals surface area contributed by atoms with Gasteiger partial charge in [-0.3, -0.25) is 9.69 Å². The van der Waals surface area contributed by atoms with Gasteiger partial charge in [-0.25, -0.2) is 4.79 Å². The first-order chi connectivity index (χ1) is 11.4. The Bertz CT molecular complexity index is 666. The smallest absolute Gasteiger partial charge is 0.325 e. The van der Waals surface area contributed by atoms with Gasteiger partial charge in [-0.15, -0.1) is 0 Å². The van der Waals surface area contributed by atoms with Crippen molar-refractivity contribution in [3.05, 3.63) is 11.7 Å². The first-order valence-corrected chi connectivity index (χ1v) is 8.64. The van der Waals surface area contributed by atoms with Gasteiger partial charge in [0, 0.05) is 25.6 Å². The summed E-state index contributed by atoms with van der Waals surface area (Å²) in [5, 5.41) is 6.79. The standard InChI is InChI=1S/C16H23N5O3/c1-16(2)14(22)21(15(23)18-16)8-7-20-6-5-11(9-20)13-17-12(19-24-13)10-3-4-10/h10-11H,3-9H2,1-2H3,(H,18,23)/t11-/m0/s1. The molecule has 1 aromatic heterocycles. The molecule has 0 radical (unpaired) electrons. The van der Waals surface area contributed by atoms with Crippen molar-refractivity contribution in [1.29, 1.82) is 0 Å². The molecule has 0 aromatic carbocycles. The van der Waals surface area contributed by atoms with Gasteiger partial charge in [-0.1, -0.05) is 5.16 Å². The predicted octanol–water partition coefficient (Wildman–Crippen LogP) is 1.07. The zero-order valence-electron chi connectivity index (χ0n) is 14.1. The number of imide groups is 1. The molecule has 3 fully saturated rings. The lowest BCUT2D eigenvalue weighted by atomic mass is 10.1. The Labute approximate surface area is 140 Å². The summed E-state index contributed by atoms with van der Waals surface area (Å²) in [5.41, 5.74) is -0.798. The third-order valence-electron chi connectivity index (χ3n) is 5.11. The number of nitrogens with zero attached hydrogens (tertiary/aromatic N) is 4. The highest BCUT2D eigenvalue weighted by atomic mass is 16.5. The molecule has 3 amide bonds. The van der Waals surface area contributed by atoms with Crippen LogP contribution < -0.4 is 5.32 Å². The number of aromatic nitrogens is 2. The maximum absolute atomic E-state index is 12.2. The van der Waals surface area contributed by atoms with Crippen LogP contribution in [0.15, 0.2) is 4.52 Å². The molecule has 0 unspecified atom stereocenters. The van der Waals surface area contributed by atoms with Crippen LogP contribution in [0.5, 0.6) is 0 Å². The molecule has 1 atom stereocenters. The highest BCUT2D eigenvalue weighted by Crippen LogP contribution is 2.39. The van der Waals surface area contributed by atoms with Crippen molar-refractivity contribution in [2.24, 2.45) is 0 Å². The second-order valence-corrected chi connectivity index (χ2v) is 7.56. The SMILES string of the molecule is CC1(C)NC(=O)N(CCN2CC[C@H](c3nc(C4CC4)no3)C2)C1=O. The Hall–Kier alpha value is -1.96. The quantitative estimate of drug-likeness (QED) is 0.810. The third-order valence-corrected chi connectivity index (χ3v) is 5.11. The third kappa shape index (κ3) is 2.79. The van der Waals surface area contributed by atoms with Gasteiger partial charge in [-0.05, 0) is 39.7 Å². The highest BCUT2D eigenvalue weighted by molar-refractivity contribution is 6.06. The van der Waals surface area contributed by atoms with E-state index < -0.39 is 5.54 Å². The molecular weight excluding hydrogens is 310 g/mol. The minimum Gasteiger partial charge on any atom is -0.339 e. The van der Waals surface area contributed by atoms with Crippen LogP contribution in [-0.2, 0) is 4.79 Å². The van der Waals surface area contributed by atoms with Crippen LogP contribution in [0.25, 0.3) is 0 Å². The number of likely N-dealkylation sites (tertiary alicyclic amines) is 1. The topological polar surface area (TPSA) is 91.6 Å². The molecule has 2 saturated heterocycles. The van der Waals surface area contributed by atoms with Gasteiger partial charge >= 0.3 is 6.03 Å². The lowest BCUT2D eigenvalue weighted by molar-refractivity contribution is -0.130. The van der Waals surface area contributed by atoms with Crippen LogP contribution >= 0.6 is 0 Å². The fraction of sp³-hybridized carbons (Fsp3) is 0.750. The minimum absolute atomic E-state index is 0.158. The minimum atomic E-state index is -0.798. The van der Waals surface area contributed by atoms with E-state index in [1.165, 1.54) is 4.90 Å². The van der Waals surface area contributed by atoms with Crippen molar-refractivity contribution in [1.82, 2.24) is 25.3 Å². The molecule has 3 aliphatic rings. The number of carbonyl (C=O) groups excluding carboxylic acids is 2. The zero-order chi connectivity index (χ0) is 16.9. The van der Waals surface area contributed by atoms with Crippen molar-refractivity contribution in [3.8, 4) is 0 Å². The number of hydrogen-bond donors (Lipinski definition) is 1. The van der Waals surface area contributed by atoms with Crippen molar-refractivity contribution in [2.75, 3.05) is 26.2 Å². The molecule has 130 valence electrons. The van der Waals surface area contributed by atoms with E-state index >= 15 is 0 Å². The number of hydrogen-bond acceptors (Lipinski definition) is 6. The largest absolute Gasteiger partial charge is 0.339 e. The lowest BCUT2D eigenvalue weighted by Gasteiger charge is -2.20. The van der Waals surface area contributed by atoms with Gasteiger partial charge in [0.05, 0.1) is 5.92 Å². The Morgan fingerprint density at radius 1 is 1.21 bits per heavy atom. The van der Waals surface area contributed by atoms with Crippen LogP contribution in [0.2, 0.25) is 0 Å². The molecule has 4 rings (SSSR count). The molecule has 3 heterocycles. The van der Waals surface area contributed by atoms with E-state index in [-0.39, 0.29) is 17.9 Å². The van der Waals surface area contributed by atoms with Crippen molar-refractivity contribution in [3.63, 3.8) is 0 Å². The molecule has 2 aliphatic heterocycles. The molecule has 0 bridgehead atoms. The molecular formula is C16H23N5O3. The molecule has 1 N–H and O–H groups in total. The first-order valence-electron chi connectivity index (χ1n) is 8.64. The summed E-state index contributed by atoms with van der Waals surface area (Å²) < 4.78 is 5.42. The summed E-state index contributed by atoms with van der Waals surface area (Å²) >= 11 is 0. The van der Waals surface area contributed by atoms with E-state index in [0.29, 0.717) is 19.0 Å². The Morgan fingerprint density at radius 3 is 2.67 bits per heavy atom. The maximum atomic E-state index is 12.2. The van der Waals surface area contributed by atoms with Crippen molar-refractivity contribution >= 4 is 11.9 Å². The number of carbonyl (C=O) groups is 2. The Morgan fingerprint density at radius 2 is 2.00 bits per heavy atom. The van der Waals surface area contributed by atoms with Crippen LogP contribution in [0.1, 0.15) is 56.7 Å². The van der Waals surface area contributed by atoms with Gasteiger partial charge in [0.2, 0.25) is 5.89 Å². The molecule has 1 saturated carbocycles. The van der Waals surface area contributed by atoms with E-state index in [1.54, 1.807) is 13.8 Å². The summed E-state index contributed by atoms with van der Waals surface area (Å²) in [5.74, 6) is 2.18. The van der Waals surface area contributed by atoms with E-state index in [1.807, 2.05) is 0 Å². The second kappa shape index (κ2) is 5.54. The number of rotatable bonds is 5. The van der Waals surface area contributed by atoms with E-state index in [2.05, 4.69) is 20.4 Å². The number of amides is 3. The van der Waals surface area contributed by atoms with Crippen molar-refractivity contribution < 1.29 is 14.1 Å². The fourth-order valence-corrected chi connectivity index (χ4v) is 3.42. The summed E-state index contributed by atoms with van der Waals surface area (Å²) in [4.78, 5) is 32.2. The van der Waals surface area contributed by atoms with Gasteiger partial charge in [0.15, 0.2) is 5.82 Å². The Balaban J connectivity index is 1.31. The van der Waals surface area contributed by atoms with Gasteiger partial charge in [-0.2, -0.15) is 4.98 Å². The summed E-state index contributed by atoms with van der Waals surface area (Å²) in [6, 6.07) is -0.299. The van der Waals surface area contributed by atoms with E-state index in [9.17, 15) is 9.59 Å². The average Bonchev–Trinajstić information content (AvgIpc) is 3.01. The summed E-state index contributed by atoms with van der Waals surface area (Å²) in [6.07, 6.45) is 3.30. The fourth-order valence-electron chi connectivity index (χ4n) is 3.42. The zero-order valence-corrected chi connectivity index (χ0v) is 14.1. The normalized spacial score (nSPS) is 27.1. The molecule has 8 nitrogen and oxygen atoms in total. The average molecular weight is 333 g/mol. The first kappa shape index (κ1) is 15.6. The van der Waals surface area contributed by atoms with Gasteiger partial charge in [0.25, 0.3) is 5.91 Å². The molecule has 24 heavy (non-hydrogen) atoms. The van der Waals surface area contributed by atoms with Crippen LogP contribution in [0.4, 0.5) is 4.79 Å². The Kier molecular flexibility index (Phi) is 3.59. The molecule has 1 aliphatic carbocycles.